The molecule has 0 atom stereocenters. The van der Waals surface area contributed by atoms with Gasteiger partial charge in [-0.3, -0.25) is 4.79 Å². The summed E-state index contributed by atoms with van der Waals surface area (Å²) in [6.45, 7) is 3.54. The Labute approximate surface area is 111 Å². The van der Waals surface area contributed by atoms with Crippen LogP contribution in [0.1, 0.15) is 6.42 Å². The molecule has 0 saturated carbocycles. The zero-order chi connectivity index (χ0) is 13.9. The third kappa shape index (κ3) is 3.03. The number of esters is 1. The standard InChI is InChI=1S/C13H13NO4S/c1-2-7-18-13(15)8-10-9-19(16,17)12-6-4-3-5-11(12)14-10/h2-6,9,14H,1,7-8H2. The Hall–Kier alpha value is -2.08. The van der Waals surface area contributed by atoms with Crippen LogP contribution in [0.25, 0.3) is 0 Å². The van der Waals surface area contributed by atoms with Gasteiger partial charge < -0.3 is 10.1 Å². The Bertz CT molecular complexity index is 646. The molecule has 0 saturated heterocycles. The minimum atomic E-state index is -3.51. The minimum Gasteiger partial charge on any atom is -0.461 e. The Morgan fingerprint density at radius 2 is 2.11 bits per heavy atom. The average molecular weight is 279 g/mol. The second kappa shape index (κ2) is 5.27. The van der Waals surface area contributed by atoms with Gasteiger partial charge in [0.1, 0.15) is 6.61 Å². The first-order valence-corrected chi connectivity index (χ1v) is 7.16. The number of nitrogens with one attached hydrogen (secondary N) is 1. The van der Waals surface area contributed by atoms with E-state index in [9.17, 15) is 13.2 Å². The van der Waals surface area contributed by atoms with Gasteiger partial charge in [0.25, 0.3) is 0 Å². The highest BCUT2D eigenvalue weighted by molar-refractivity contribution is 7.94. The molecular weight excluding hydrogens is 266 g/mol. The van der Waals surface area contributed by atoms with Crippen molar-refractivity contribution in [2.24, 2.45) is 0 Å². The number of hydrogen-bond acceptors (Lipinski definition) is 5. The van der Waals surface area contributed by atoms with E-state index in [1.165, 1.54) is 12.1 Å². The van der Waals surface area contributed by atoms with E-state index in [-0.39, 0.29) is 17.9 Å². The minimum absolute atomic E-state index is 0.107. The lowest BCUT2D eigenvalue weighted by Crippen LogP contribution is -2.17. The van der Waals surface area contributed by atoms with E-state index in [0.717, 1.165) is 5.41 Å². The molecule has 0 aromatic heterocycles. The average Bonchev–Trinajstić information content (AvgIpc) is 2.35. The fourth-order valence-corrected chi connectivity index (χ4v) is 3.05. The van der Waals surface area contributed by atoms with Gasteiger partial charge >= 0.3 is 5.97 Å². The van der Waals surface area contributed by atoms with E-state index < -0.39 is 15.8 Å². The quantitative estimate of drug-likeness (QED) is 0.672. The van der Waals surface area contributed by atoms with Gasteiger partial charge in [0.05, 0.1) is 22.4 Å². The van der Waals surface area contributed by atoms with Gasteiger partial charge in [-0.15, -0.1) is 0 Å². The maximum absolute atomic E-state index is 12.0. The SMILES string of the molecule is C=CCOC(=O)CC1=CS(=O)(=O)c2ccccc2N1. The predicted molar refractivity (Wildman–Crippen MR) is 71.1 cm³/mol. The van der Waals surface area contributed by atoms with E-state index in [1.54, 1.807) is 18.2 Å². The van der Waals surface area contributed by atoms with Crippen LogP contribution in [0.4, 0.5) is 5.69 Å². The predicted octanol–water partition coefficient (Wildman–Crippen LogP) is 1.85. The number of rotatable bonds is 4. The first kappa shape index (κ1) is 13.4. The molecule has 0 aliphatic carbocycles. The van der Waals surface area contributed by atoms with E-state index in [2.05, 4.69) is 11.9 Å². The number of hydrogen-bond donors (Lipinski definition) is 1. The molecule has 0 amide bonds. The van der Waals surface area contributed by atoms with E-state index >= 15 is 0 Å². The van der Waals surface area contributed by atoms with Gasteiger partial charge in [0.2, 0.25) is 9.84 Å². The number of fused-ring (bicyclic) bond motifs is 1. The third-order valence-electron chi connectivity index (χ3n) is 2.48. The molecule has 6 heteroatoms. The molecule has 1 aromatic carbocycles. The fourth-order valence-electron chi connectivity index (χ4n) is 1.72. The molecular formula is C13H13NO4S. The van der Waals surface area contributed by atoms with E-state index in [0.29, 0.717) is 11.4 Å². The maximum Gasteiger partial charge on any atom is 0.312 e. The highest BCUT2D eigenvalue weighted by Gasteiger charge is 2.23. The van der Waals surface area contributed by atoms with E-state index in [4.69, 9.17) is 4.74 Å². The van der Waals surface area contributed by atoms with Crippen molar-refractivity contribution in [2.45, 2.75) is 11.3 Å². The van der Waals surface area contributed by atoms with Crippen LogP contribution in [0, 0.1) is 0 Å². The largest absolute Gasteiger partial charge is 0.461 e. The van der Waals surface area contributed by atoms with Crippen molar-refractivity contribution < 1.29 is 17.9 Å². The summed E-state index contributed by atoms with van der Waals surface area (Å²) in [5, 5.41) is 3.98. The van der Waals surface area contributed by atoms with Crippen LogP contribution < -0.4 is 5.32 Å². The monoisotopic (exact) mass is 279 g/mol. The van der Waals surface area contributed by atoms with Gasteiger partial charge in [0, 0.05) is 5.70 Å². The van der Waals surface area contributed by atoms with Crippen molar-refractivity contribution in [3.63, 3.8) is 0 Å². The lowest BCUT2D eigenvalue weighted by atomic mass is 10.2. The zero-order valence-electron chi connectivity index (χ0n) is 10.1. The molecule has 19 heavy (non-hydrogen) atoms. The molecule has 100 valence electrons. The maximum atomic E-state index is 12.0. The Morgan fingerprint density at radius 3 is 2.84 bits per heavy atom. The van der Waals surface area contributed by atoms with Crippen molar-refractivity contribution in [2.75, 3.05) is 11.9 Å². The van der Waals surface area contributed by atoms with Crippen molar-refractivity contribution in [3.8, 4) is 0 Å². The first-order valence-electron chi connectivity index (χ1n) is 5.61. The van der Waals surface area contributed by atoms with E-state index in [1.807, 2.05) is 0 Å². The van der Waals surface area contributed by atoms with Gasteiger partial charge in [-0.1, -0.05) is 24.8 Å². The van der Waals surface area contributed by atoms with Crippen LogP contribution in [0.5, 0.6) is 0 Å². The molecule has 1 heterocycles. The summed E-state index contributed by atoms with van der Waals surface area (Å²) < 4.78 is 28.8. The fraction of sp³-hybridized carbons (Fsp3) is 0.154. The number of ether oxygens (including phenoxy) is 1. The molecule has 1 N–H and O–H groups in total. The van der Waals surface area contributed by atoms with Crippen LogP contribution >= 0.6 is 0 Å². The topological polar surface area (TPSA) is 72.5 Å². The van der Waals surface area contributed by atoms with Crippen LogP contribution in [-0.4, -0.2) is 21.0 Å². The lowest BCUT2D eigenvalue weighted by Gasteiger charge is -2.18. The highest BCUT2D eigenvalue weighted by Crippen LogP contribution is 2.30. The molecule has 0 spiro atoms. The first-order chi connectivity index (χ1) is 9.03. The molecule has 1 aromatic rings. The van der Waals surface area contributed by atoms with Gasteiger partial charge in [-0.2, -0.15) is 0 Å². The van der Waals surface area contributed by atoms with Crippen LogP contribution in [0.3, 0.4) is 0 Å². The van der Waals surface area contributed by atoms with Crippen molar-refractivity contribution in [3.05, 3.63) is 48.0 Å². The molecule has 1 aliphatic heterocycles. The smallest absolute Gasteiger partial charge is 0.312 e. The Balaban J connectivity index is 2.20. The molecule has 5 nitrogen and oxygen atoms in total. The third-order valence-corrected chi connectivity index (χ3v) is 4.05. The molecule has 0 unspecified atom stereocenters. The van der Waals surface area contributed by atoms with Crippen LogP contribution in [0.15, 0.2) is 52.9 Å². The van der Waals surface area contributed by atoms with Gasteiger partial charge in [-0.25, -0.2) is 8.42 Å². The Morgan fingerprint density at radius 1 is 1.37 bits per heavy atom. The van der Waals surface area contributed by atoms with Gasteiger partial charge in [0.15, 0.2) is 0 Å². The van der Waals surface area contributed by atoms with Crippen molar-refractivity contribution >= 4 is 21.5 Å². The summed E-state index contributed by atoms with van der Waals surface area (Å²) >= 11 is 0. The second-order valence-corrected chi connectivity index (χ2v) is 5.72. The second-order valence-electron chi connectivity index (χ2n) is 3.96. The number of carbonyl (C=O) groups excluding carboxylic acids is 1. The molecule has 2 rings (SSSR count). The lowest BCUT2D eigenvalue weighted by molar-refractivity contribution is -0.141. The number of sulfone groups is 1. The number of para-hydroxylation sites is 1. The molecule has 0 radical (unpaired) electrons. The number of anilines is 1. The highest BCUT2D eigenvalue weighted by atomic mass is 32.2. The van der Waals surface area contributed by atoms with Crippen LogP contribution in [0.2, 0.25) is 0 Å². The number of benzene rings is 1. The summed E-state index contributed by atoms with van der Waals surface area (Å²) in [7, 11) is -3.51. The van der Waals surface area contributed by atoms with Gasteiger partial charge in [-0.05, 0) is 12.1 Å². The molecule has 0 bridgehead atoms. The Kier molecular flexibility index (Phi) is 3.71. The van der Waals surface area contributed by atoms with Crippen molar-refractivity contribution in [1.82, 2.24) is 0 Å². The summed E-state index contributed by atoms with van der Waals surface area (Å²) in [5.41, 5.74) is 0.768. The molecule has 0 fully saturated rings. The summed E-state index contributed by atoms with van der Waals surface area (Å²) in [5.74, 6) is -0.506. The zero-order valence-corrected chi connectivity index (χ0v) is 10.9. The van der Waals surface area contributed by atoms with Crippen molar-refractivity contribution in [1.29, 1.82) is 0 Å². The summed E-state index contributed by atoms with van der Waals surface area (Å²) in [4.78, 5) is 11.7. The summed E-state index contributed by atoms with van der Waals surface area (Å²) in [6, 6.07) is 6.53. The summed E-state index contributed by atoms with van der Waals surface area (Å²) in [6.07, 6.45) is 1.33. The number of carbonyl (C=O) groups is 1. The molecule has 1 aliphatic rings. The van der Waals surface area contributed by atoms with Crippen LogP contribution in [-0.2, 0) is 19.4 Å². The normalized spacial score (nSPS) is 15.7.